The number of carbonyl (C=O) groups excluding carboxylic acids is 1. The summed E-state index contributed by atoms with van der Waals surface area (Å²) in [6.45, 7) is 11.3. The monoisotopic (exact) mass is 328 g/mol. The Bertz CT molecular complexity index is 529. The van der Waals surface area contributed by atoms with E-state index in [0.717, 1.165) is 55.2 Å². The van der Waals surface area contributed by atoms with E-state index >= 15 is 0 Å². The first kappa shape index (κ1) is 18.7. The number of rotatable bonds is 10. The van der Waals surface area contributed by atoms with Crippen molar-refractivity contribution < 1.29 is 4.79 Å². The van der Waals surface area contributed by atoms with E-state index in [0.29, 0.717) is 12.2 Å². The molecule has 1 aliphatic heterocycles. The highest BCUT2D eigenvalue weighted by Crippen LogP contribution is 2.26. The summed E-state index contributed by atoms with van der Waals surface area (Å²) in [5.41, 5.74) is 3.42. The van der Waals surface area contributed by atoms with Crippen LogP contribution in [0.15, 0.2) is 36.4 Å². The number of hydrogen-bond acceptors (Lipinski definition) is 3. The highest BCUT2D eigenvalue weighted by Gasteiger charge is 2.18. The molecule has 0 spiro atoms. The average Bonchev–Trinajstić information content (AvgIpc) is 3.09. The SMILES string of the molecule is C=C(C)CCC(C(=O)CC)c1ccc(NCCC2CCNC2)cc1. The summed E-state index contributed by atoms with van der Waals surface area (Å²) in [7, 11) is 0. The third-order valence-electron chi connectivity index (χ3n) is 4.95. The van der Waals surface area contributed by atoms with Gasteiger partial charge in [-0.1, -0.05) is 24.6 Å². The molecule has 1 aromatic carbocycles. The maximum absolute atomic E-state index is 12.3. The van der Waals surface area contributed by atoms with Crippen LogP contribution in [0.5, 0.6) is 0 Å². The van der Waals surface area contributed by atoms with Crippen molar-refractivity contribution in [1.82, 2.24) is 5.32 Å². The van der Waals surface area contributed by atoms with E-state index in [1.807, 2.05) is 13.8 Å². The van der Waals surface area contributed by atoms with Crippen LogP contribution in [0.2, 0.25) is 0 Å². The lowest BCUT2D eigenvalue weighted by Gasteiger charge is -2.17. The fourth-order valence-corrected chi connectivity index (χ4v) is 3.37. The first-order valence-electron chi connectivity index (χ1n) is 9.31. The second-order valence-electron chi connectivity index (χ2n) is 7.06. The molecule has 1 fully saturated rings. The zero-order valence-electron chi connectivity index (χ0n) is 15.2. The molecule has 132 valence electrons. The van der Waals surface area contributed by atoms with Gasteiger partial charge in [0.05, 0.1) is 0 Å². The predicted molar refractivity (Wildman–Crippen MR) is 103 cm³/mol. The van der Waals surface area contributed by atoms with Crippen molar-refractivity contribution in [3.63, 3.8) is 0 Å². The molecular weight excluding hydrogens is 296 g/mol. The molecule has 2 N–H and O–H groups in total. The molecule has 3 heteroatoms. The summed E-state index contributed by atoms with van der Waals surface area (Å²) in [6.07, 6.45) is 4.88. The summed E-state index contributed by atoms with van der Waals surface area (Å²) in [6, 6.07) is 8.43. The lowest BCUT2D eigenvalue weighted by Crippen LogP contribution is -2.13. The highest BCUT2D eigenvalue weighted by atomic mass is 16.1. The first-order valence-corrected chi connectivity index (χ1v) is 9.31. The Morgan fingerprint density at radius 1 is 1.38 bits per heavy atom. The van der Waals surface area contributed by atoms with Crippen molar-refractivity contribution in [3.8, 4) is 0 Å². The van der Waals surface area contributed by atoms with E-state index in [1.165, 1.54) is 12.8 Å². The Kier molecular flexibility index (Phi) is 7.51. The van der Waals surface area contributed by atoms with Crippen molar-refractivity contribution in [2.75, 3.05) is 25.0 Å². The molecule has 1 saturated heterocycles. The smallest absolute Gasteiger partial charge is 0.140 e. The van der Waals surface area contributed by atoms with Gasteiger partial charge in [0.2, 0.25) is 0 Å². The Balaban J connectivity index is 1.89. The van der Waals surface area contributed by atoms with Crippen LogP contribution >= 0.6 is 0 Å². The molecule has 3 nitrogen and oxygen atoms in total. The molecule has 2 atom stereocenters. The standard InChI is InChI=1S/C21H32N2O/c1-4-21(24)20(10-5-16(2)3)18-6-8-19(9-7-18)23-14-12-17-11-13-22-15-17/h6-9,17,20,22-23H,2,4-5,10-15H2,1,3H3. The zero-order chi connectivity index (χ0) is 17.4. The lowest BCUT2D eigenvalue weighted by atomic mass is 9.88. The molecule has 0 saturated carbocycles. The number of carbonyl (C=O) groups is 1. The molecule has 2 unspecified atom stereocenters. The normalized spacial score (nSPS) is 18.3. The van der Waals surface area contributed by atoms with Gasteiger partial charge in [0, 0.05) is 24.6 Å². The highest BCUT2D eigenvalue weighted by molar-refractivity contribution is 5.85. The van der Waals surface area contributed by atoms with Crippen molar-refractivity contribution >= 4 is 11.5 Å². The van der Waals surface area contributed by atoms with Gasteiger partial charge in [-0.05, 0) is 69.3 Å². The summed E-state index contributed by atoms with van der Waals surface area (Å²) < 4.78 is 0. The van der Waals surface area contributed by atoms with Crippen LogP contribution in [-0.2, 0) is 4.79 Å². The Morgan fingerprint density at radius 3 is 2.71 bits per heavy atom. The van der Waals surface area contributed by atoms with Gasteiger partial charge in [-0.2, -0.15) is 0 Å². The van der Waals surface area contributed by atoms with E-state index in [9.17, 15) is 4.79 Å². The fraction of sp³-hybridized carbons (Fsp3) is 0.571. The van der Waals surface area contributed by atoms with E-state index in [4.69, 9.17) is 0 Å². The van der Waals surface area contributed by atoms with Gasteiger partial charge in [0.25, 0.3) is 0 Å². The summed E-state index contributed by atoms with van der Waals surface area (Å²) in [4.78, 5) is 12.3. The van der Waals surface area contributed by atoms with Gasteiger partial charge in [-0.25, -0.2) is 0 Å². The summed E-state index contributed by atoms with van der Waals surface area (Å²) in [5, 5.41) is 6.92. The van der Waals surface area contributed by atoms with Gasteiger partial charge < -0.3 is 10.6 Å². The molecule has 0 aliphatic carbocycles. The first-order chi connectivity index (χ1) is 11.6. The Labute approximate surface area is 146 Å². The van der Waals surface area contributed by atoms with Crippen LogP contribution < -0.4 is 10.6 Å². The van der Waals surface area contributed by atoms with Crippen molar-refractivity contribution in [1.29, 1.82) is 0 Å². The van der Waals surface area contributed by atoms with Gasteiger partial charge >= 0.3 is 0 Å². The van der Waals surface area contributed by atoms with Crippen LogP contribution in [0.3, 0.4) is 0 Å². The van der Waals surface area contributed by atoms with Crippen LogP contribution in [0, 0.1) is 5.92 Å². The number of allylic oxidation sites excluding steroid dienone is 1. The summed E-state index contributed by atoms with van der Waals surface area (Å²) >= 11 is 0. The molecule has 0 radical (unpaired) electrons. The van der Waals surface area contributed by atoms with Crippen LogP contribution in [0.1, 0.15) is 57.4 Å². The quantitative estimate of drug-likeness (QED) is 0.621. The van der Waals surface area contributed by atoms with Crippen LogP contribution in [-0.4, -0.2) is 25.4 Å². The molecule has 0 aromatic heterocycles. The molecule has 24 heavy (non-hydrogen) atoms. The number of anilines is 1. The minimum Gasteiger partial charge on any atom is -0.385 e. The zero-order valence-corrected chi connectivity index (χ0v) is 15.2. The molecule has 1 aromatic rings. The van der Waals surface area contributed by atoms with Crippen molar-refractivity contribution in [3.05, 3.63) is 42.0 Å². The molecule has 1 aliphatic rings. The number of ketones is 1. The second-order valence-corrected chi connectivity index (χ2v) is 7.06. The van der Waals surface area contributed by atoms with E-state index in [2.05, 4.69) is 41.5 Å². The molecule has 0 amide bonds. The van der Waals surface area contributed by atoms with Gasteiger partial charge in [0.15, 0.2) is 0 Å². The predicted octanol–water partition coefficient (Wildman–Crippen LogP) is 4.52. The maximum Gasteiger partial charge on any atom is 0.140 e. The van der Waals surface area contributed by atoms with Crippen LogP contribution in [0.4, 0.5) is 5.69 Å². The van der Waals surface area contributed by atoms with E-state index < -0.39 is 0 Å². The van der Waals surface area contributed by atoms with Gasteiger partial charge in [-0.3, -0.25) is 4.79 Å². The van der Waals surface area contributed by atoms with Gasteiger partial charge in [0.1, 0.15) is 5.78 Å². The largest absolute Gasteiger partial charge is 0.385 e. The maximum atomic E-state index is 12.3. The molecular formula is C21H32N2O. The molecule has 0 bridgehead atoms. The van der Waals surface area contributed by atoms with Crippen molar-refractivity contribution in [2.45, 2.75) is 51.9 Å². The minimum atomic E-state index is 0.00492. The van der Waals surface area contributed by atoms with Gasteiger partial charge in [-0.15, -0.1) is 6.58 Å². The Hall–Kier alpha value is -1.61. The fourth-order valence-electron chi connectivity index (χ4n) is 3.37. The minimum absolute atomic E-state index is 0.00492. The second kappa shape index (κ2) is 9.63. The topological polar surface area (TPSA) is 41.1 Å². The average molecular weight is 329 g/mol. The number of nitrogens with one attached hydrogen (secondary N) is 2. The number of benzene rings is 1. The third kappa shape index (κ3) is 5.79. The molecule has 2 rings (SSSR count). The number of hydrogen-bond donors (Lipinski definition) is 2. The van der Waals surface area contributed by atoms with E-state index in [1.54, 1.807) is 0 Å². The third-order valence-corrected chi connectivity index (χ3v) is 4.95. The summed E-state index contributed by atoms with van der Waals surface area (Å²) in [5.74, 6) is 1.14. The van der Waals surface area contributed by atoms with Crippen molar-refractivity contribution in [2.24, 2.45) is 5.92 Å². The Morgan fingerprint density at radius 2 is 2.12 bits per heavy atom. The molecule has 1 heterocycles. The lowest BCUT2D eigenvalue weighted by molar-refractivity contribution is -0.120. The van der Waals surface area contributed by atoms with Crippen LogP contribution in [0.25, 0.3) is 0 Å². The number of Topliss-reactive ketones (excluding diaryl/α,β-unsaturated/α-hetero) is 1. The van der Waals surface area contributed by atoms with E-state index in [-0.39, 0.29) is 5.92 Å².